The van der Waals surface area contributed by atoms with Gasteiger partial charge in [0.2, 0.25) is 0 Å². The molecule has 2 N–H and O–H groups in total. The van der Waals surface area contributed by atoms with Crippen molar-refractivity contribution in [1.29, 1.82) is 0 Å². The predicted molar refractivity (Wildman–Crippen MR) is 151 cm³/mol. The Morgan fingerprint density at radius 2 is 1.00 bits per heavy atom. The molecule has 2 amide bonds. The van der Waals surface area contributed by atoms with Crippen molar-refractivity contribution in [1.82, 2.24) is 10.9 Å². The van der Waals surface area contributed by atoms with Gasteiger partial charge in [0.25, 0.3) is 11.8 Å². The maximum absolute atomic E-state index is 12.5. The molecule has 39 heavy (non-hydrogen) atoms. The molecular formula is C24H30N4O8S3. The first-order valence-electron chi connectivity index (χ1n) is 11.4. The molecule has 0 aliphatic carbocycles. The number of hydrogen-bond acceptors (Lipinski definition) is 11. The van der Waals surface area contributed by atoms with Crippen molar-refractivity contribution in [2.75, 3.05) is 12.5 Å². The lowest BCUT2D eigenvalue weighted by atomic mass is 10.1. The number of nitrogens with zero attached hydrogens (tertiary/aromatic N) is 2. The number of hydrogen-bond donors (Lipinski definition) is 2. The van der Waals surface area contributed by atoms with Crippen LogP contribution >= 0.6 is 11.8 Å². The van der Waals surface area contributed by atoms with Crippen LogP contribution in [0.2, 0.25) is 0 Å². The molecule has 0 heterocycles. The van der Waals surface area contributed by atoms with E-state index >= 15 is 0 Å². The van der Waals surface area contributed by atoms with Crippen LogP contribution in [0.15, 0.2) is 58.7 Å². The lowest BCUT2D eigenvalue weighted by Gasteiger charge is -2.15. The summed E-state index contributed by atoms with van der Waals surface area (Å²) in [5.41, 5.74) is 7.19. The van der Waals surface area contributed by atoms with Crippen molar-refractivity contribution in [3.05, 3.63) is 59.7 Å². The number of benzene rings is 2. The van der Waals surface area contributed by atoms with Crippen LogP contribution in [-0.4, -0.2) is 63.1 Å². The highest BCUT2D eigenvalue weighted by Gasteiger charge is 2.21. The van der Waals surface area contributed by atoms with Crippen LogP contribution in [0, 0.1) is 0 Å². The molecule has 2 atom stereocenters. The van der Waals surface area contributed by atoms with Crippen LogP contribution in [0.4, 0.5) is 0 Å². The number of hydrazone groups is 2. The summed E-state index contributed by atoms with van der Waals surface area (Å²) in [7, 11) is -7.26. The molecular weight excluding hydrogens is 568 g/mol. The van der Waals surface area contributed by atoms with Gasteiger partial charge in [0.05, 0.1) is 34.4 Å². The second kappa shape index (κ2) is 13.6. The fourth-order valence-corrected chi connectivity index (χ4v) is 4.76. The number of carbonyl (C=O) groups is 2. The summed E-state index contributed by atoms with van der Waals surface area (Å²) in [6, 6.07) is 12.3. The van der Waals surface area contributed by atoms with E-state index in [0.29, 0.717) is 22.6 Å². The van der Waals surface area contributed by atoms with Gasteiger partial charge in [-0.15, -0.1) is 11.8 Å². The van der Waals surface area contributed by atoms with Gasteiger partial charge in [-0.05, 0) is 87.4 Å². The average molecular weight is 599 g/mol. The maximum Gasteiger partial charge on any atom is 0.306 e. The molecule has 0 aromatic heterocycles. The summed E-state index contributed by atoms with van der Waals surface area (Å²) in [5, 5.41) is 6.92. The summed E-state index contributed by atoms with van der Waals surface area (Å²) in [6.07, 6.45) is 1.90. The van der Waals surface area contributed by atoms with Gasteiger partial charge in [0, 0.05) is 0 Å². The van der Waals surface area contributed by atoms with Crippen molar-refractivity contribution < 1.29 is 34.8 Å². The molecule has 2 unspecified atom stereocenters. The lowest BCUT2D eigenvalue weighted by Crippen LogP contribution is -2.33. The van der Waals surface area contributed by atoms with Gasteiger partial charge in [0.1, 0.15) is 11.5 Å². The molecule has 0 fully saturated rings. The average Bonchev–Trinajstić information content (AvgIpc) is 2.84. The van der Waals surface area contributed by atoms with Crippen molar-refractivity contribution in [3.8, 4) is 11.5 Å². The van der Waals surface area contributed by atoms with E-state index in [-0.39, 0.29) is 11.5 Å². The van der Waals surface area contributed by atoms with Gasteiger partial charge in [-0.2, -0.15) is 27.0 Å². The fraction of sp³-hybridized carbons (Fsp3) is 0.333. The summed E-state index contributed by atoms with van der Waals surface area (Å²) in [6.45, 7) is 6.63. The third-order valence-electron chi connectivity index (χ3n) is 4.85. The second-order valence-corrected chi connectivity index (χ2v) is 13.2. The van der Waals surface area contributed by atoms with Gasteiger partial charge < -0.3 is 8.37 Å². The molecule has 0 aliphatic heterocycles. The van der Waals surface area contributed by atoms with E-state index in [4.69, 9.17) is 8.37 Å². The van der Waals surface area contributed by atoms with Gasteiger partial charge in [0.15, 0.2) is 0 Å². The summed E-state index contributed by atoms with van der Waals surface area (Å²) >= 11 is 1.12. The van der Waals surface area contributed by atoms with Crippen molar-refractivity contribution in [3.63, 3.8) is 0 Å². The molecule has 2 aromatic rings. The van der Waals surface area contributed by atoms with Crippen LogP contribution < -0.4 is 19.2 Å². The Labute approximate surface area is 232 Å². The number of nitrogens with one attached hydrogen (secondary N) is 2. The zero-order valence-corrected chi connectivity index (χ0v) is 24.6. The van der Waals surface area contributed by atoms with Crippen LogP contribution in [0.1, 0.15) is 38.8 Å². The molecule has 0 spiro atoms. The van der Waals surface area contributed by atoms with Crippen LogP contribution in [0.5, 0.6) is 11.5 Å². The topological polar surface area (TPSA) is 170 Å². The Hall–Kier alpha value is -3.43. The smallest absolute Gasteiger partial charge is 0.306 e. The maximum atomic E-state index is 12.5. The van der Waals surface area contributed by atoms with Crippen LogP contribution in [0.3, 0.4) is 0 Å². The zero-order valence-electron chi connectivity index (χ0n) is 22.2. The van der Waals surface area contributed by atoms with Gasteiger partial charge in [-0.25, -0.2) is 10.9 Å². The summed E-state index contributed by atoms with van der Waals surface area (Å²) < 4.78 is 54.4. The third-order valence-corrected chi connectivity index (χ3v) is 7.09. The second-order valence-electron chi connectivity index (χ2n) is 8.39. The SMILES string of the molecule is CC(=NNC(=O)C(C)SC(C)C(=O)N/N=C(/C)c1ccc(OS(C)(=O)=O)cc1)c1ccc(OS(C)(=O)=O)cc1. The minimum absolute atomic E-state index is 0.159. The minimum Gasteiger partial charge on any atom is -0.383 e. The number of carbonyl (C=O) groups excluding carboxylic acids is 2. The Bertz CT molecular complexity index is 1340. The largest absolute Gasteiger partial charge is 0.383 e. The Kier molecular flexibility index (Phi) is 11.1. The molecule has 0 aliphatic rings. The van der Waals surface area contributed by atoms with Crippen molar-refractivity contribution >= 4 is 55.2 Å². The quantitative estimate of drug-likeness (QED) is 0.211. The Morgan fingerprint density at radius 3 is 1.28 bits per heavy atom. The highest BCUT2D eigenvalue weighted by atomic mass is 32.2. The predicted octanol–water partition coefficient (Wildman–Crippen LogP) is 2.25. The van der Waals surface area contributed by atoms with E-state index in [9.17, 15) is 26.4 Å². The number of thioether (sulfide) groups is 1. The van der Waals surface area contributed by atoms with Crippen molar-refractivity contribution in [2.24, 2.45) is 10.2 Å². The molecule has 0 saturated heterocycles. The van der Waals surface area contributed by atoms with Crippen molar-refractivity contribution in [2.45, 2.75) is 38.2 Å². The molecule has 12 nitrogen and oxygen atoms in total. The molecule has 212 valence electrons. The molecule has 15 heteroatoms. The number of rotatable bonds is 12. The van der Waals surface area contributed by atoms with E-state index in [2.05, 4.69) is 21.1 Å². The lowest BCUT2D eigenvalue weighted by molar-refractivity contribution is -0.120. The molecule has 0 saturated carbocycles. The minimum atomic E-state index is -3.63. The van der Waals surface area contributed by atoms with E-state index in [1.54, 1.807) is 52.0 Å². The van der Waals surface area contributed by atoms with E-state index in [0.717, 1.165) is 24.3 Å². The molecule has 2 rings (SSSR count). The zero-order chi connectivity index (χ0) is 29.4. The highest BCUT2D eigenvalue weighted by molar-refractivity contribution is 8.01. The first kappa shape index (κ1) is 31.8. The molecule has 0 bridgehead atoms. The first-order chi connectivity index (χ1) is 18.0. The fourth-order valence-electron chi connectivity index (χ4n) is 2.87. The Morgan fingerprint density at radius 1 is 0.692 bits per heavy atom. The van der Waals surface area contributed by atoms with Gasteiger partial charge in [-0.3, -0.25) is 9.59 Å². The molecule has 0 radical (unpaired) electrons. The Balaban J connectivity index is 1.88. The van der Waals surface area contributed by atoms with Crippen LogP contribution in [0.25, 0.3) is 0 Å². The van der Waals surface area contributed by atoms with Gasteiger partial charge in [-0.1, -0.05) is 0 Å². The van der Waals surface area contributed by atoms with E-state index in [1.807, 2.05) is 0 Å². The van der Waals surface area contributed by atoms with Gasteiger partial charge >= 0.3 is 20.2 Å². The molecule has 2 aromatic carbocycles. The standard InChI is InChI=1S/C24H30N4O8S3/c1-15(19-7-11-21(12-8-19)35-38(5,31)32)25-27-23(29)17(3)37-18(4)24(30)28-26-16(2)20-9-13-22(14-10-20)36-39(6,33)34/h7-14,17-18H,1-6H3,(H,27,29)(H,28,30)/b25-15-,26-16?. The highest BCUT2D eigenvalue weighted by Crippen LogP contribution is 2.19. The third kappa shape index (κ3) is 11.5. The monoisotopic (exact) mass is 598 g/mol. The first-order valence-corrected chi connectivity index (χ1v) is 15.9. The summed E-state index contributed by atoms with van der Waals surface area (Å²) in [5.74, 6) is -0.502. The van der Waals surface area contributed by atoms with E-state index < -0.39 is 42.6 Å². The van der Waals surface area contributed by atoms with Crippen LogP contribution in [-0.2, 0) is 29.8 Å². The normalized spacial score (nSPS) is 14.2. The number of amides is 2. The van der Waals surface area contributed by atoms with E-state index in [1.165, 1.54) is 24.3 Å². The summed E-state index contributed by atoms with van der Waals surface area (Å²) in [4.78, 5) is 25.0.